The number of aromatic nitrogens is 2. The number of carbonyl (C=O) groups excluding carboxylic acids is 1. The molecular weight excluding hydrogens is 178 g/mol. The molecule has 1 fully saturated rings. The van der Waals surface area contributed by atoms with Gasteiger partial charge in [-0.3, -0.25) is 9.89 Å². The lowest BCUT2D eigenvalue weighted by atomic mass is 10.1. The number of amides is 1. The second-order valence-corrected chi connectivity index (χ2v) is 3.50. The third kappa shape index (κ3) is 1.84. The van der Waals surface area contributed by atoms with Crippen LogP contribution in [0.1, 0.15) is 30.0 Å². The molecule has 0 aromatic carbocycles. The van der Waals surface area contributed by atoms with Crippen LogP contribution in [0, 0.1) is 0 Å². The number of nitrogens with one attached hydrogen (secondary N) is 2. The fraction of sp³-hybridized carbons (Fsp3) is 0.400. The van der Waals surface area contributed by atoms with Gasteiger partial charge in [0.05, 0.1) is 18.4 Å². The van der Waals surface area contributed by atoms with Gasteiger partial charge in [-0.1, -0.05) is 6.58 Å². The molecule has 1 aromatic rings. The van der Waals surface area contributed by atoms with E-state index in [0.717, 1.165) is 5.69 Å². The standard InChI is InChI=1S/C10H13N3O/c1-2-10(14)11-6-9-8(5-12-13-9)7-3-4-7/h2,5,7H,1,3-4,6H2,(H,11,14)(H,12,13). The summed E-state index contributed by atoms with van der Waals surface area (Å²) >= 11 is 0. The summed E-state index contributed by atoms with van der Waals surface area (Å²) < 4.78 is 0. The maximum atomic E-state index is 10.9. The number of hydrogen-bond donors (Lipinski definition) is 2. The Morgan fingerprint density at radius 2 is 2.57 bits per heavy atom. The Kier molecular flexibility index (Phi) is 2.35. The molecule has 1 aliphatic carbocycles. The third-order valence-corrected chi connectivity index (χ3v) is 2.39. The Morgan fingerprint density at radius 3 is 3.21 bits per heavy atom. The summed E-state index contributed by atoms with van der Waals surface area (Å²) in [5, 5.41) is 9.62. The van der Waals surface area contributed by atoms with Gasteiger partial charge in [-0.2, -0.15) is 5.10 Å². The summed E-state index contributed by atoms with van der Waals surface area (Å²) in [5.74, 6) is 0.505. The molecule has 1 amide bonds. The lowest BCUT2D eigenvalue weighted by molar-refractivity contribution is -0.116. The smallest absolute Gasteiger partial charge is 0.243 e. The highest BCUT2D eigenvalue weighted by Gasteiger charge is 2.27. The molecule has 0 saturated heterocycles. The van der Waals surface area contributed by atoms with Gasteiger partial charge in [0, 0.05) is 0 Å². The first kappa shape index (κ1) is 8.99. The summed E-state index contributed by atoms with van der Waals surface area (Å²) in [7, 11) is 0. The van der Waals surface area contributed by atoms with Gasteiger partial charge in [-0.15, -0.1) is 0 Å². The van der Waals surface area contributed by atoms with Crippen molar-refractivity contribution in [2.75, 3.05) is 0 Å². The van der Waals surface area contributed by atoms with E-state index in [1.165, 1.54) is 24.5 Å². The lowest BCUT2D eigenvalue weighted by Crippen LogP contribution is -2.20. The van der Waals surface area contributed by atoms with Gasteiger partial charge in [0.2, 0.25) is 5.91 Å². The monoisotopic (exact) mass is 191 g/mol. The van der Waals surface area contributed by atoms with E-state index in [9.17, 15) is 4.79 Å². The van der Waals surface area contributed by atoms with Gasteiger partial charge in [0.1, 0.15) is 0 Å². The summed E-state index contributed by atoms with van der Waals surface area (Å²) in [6.45, 7) is 3.90. The van der Waals surface area contributed by atoms with E-state index in [1.807, 2.05) is 6.20 Å². The SMILES string of the molecule is C=CC(=O)NCc1[nH]ncc1C1CC1. The van der Waals surface area contributed by atoms with E-state index < -0.39 is 0 Å². The Balaban J connectivity index is 1.98. The average molecular weight is 191 g/mol. The maximum absolute atomic E-state index is 10.9. The molecule has 1 aliphatic rings. The zero-order chi connectivity index (χ0) is 9.97. The Morgan fingerprint density at radius 1 is 1.79 bits per heavy atom. The van der Waals surface area contributed by atoms with Gasteiger partial charge in [0.15, 0.2) is 0 Å². The topological polar surface area (TPSA) is 57.8 Å². The summed E-state index contributed by atoms with van der Waals surface area (Å²) in [6.07, 6.45) is 5.60. The molecule has 74 valence electrons. The summed E-state index contributed by atoms with van der Waals surface area (Å²) in [4.78, 5) is 10.9. The van der Waals surface area contributed by atoms with Gasteiger partial charge >= 0.3 is 0 Å². The van der Waals surface area contributed by atoms with Crippen LogP contribution >= 0.6 is 0 Å². The molecule has 2 rings (SSSR count). The summed E-state index contributed by atoms with van der Waals surface area (Å²) in [6, 6.07) is 0. The van der Waals surface area contributed by atoms with Crippen LogP contribution in [-0.4, -0.2) is 16.1 Å². The number of hydrogen-bond acceptors (Lipinski definition) is 2. The molecule has 0 aliphatic heterocycles. The highest BCUT2D eigenvalue weighted by Crippen LogP contribution is 2.40. The fourth-order valence-electron chi connectivity index (χ4n) is 1.46. The first-order chi connectivity index (χ1) is 6.81. The van der Waals surface area contributed by atoms with E-state index in [-0.39, 0.29) is 5.91 Å². The molecule has 0 atom stereocenters. The van der Waals surface area contributed by atoms with E-state index in [1.54, 1.807) is 0 Å². The summed E-state index contributed by atoms with van der Waals surface area (Å²) in [5.41, 5.74) is 2.26. The highest BCUT2D eigenvalue weighted by molar-refractivity contribution is 5.86. The molecule has 2 N–H and O–H groups in total. The number of aromatic amines is 1. The Hall–Kier alpha value is -1.58. The molecule has 1 aromatic heterocycles. The van der Waals surface area contributed by atoms with Gasteiger partial charge in [-0.05, 0) is 30.4 Å². The fourth-order valence-corrected chi connectivity index (χ4v) is 1.46. The molecular formula is C10H13N3O. The number of H-pyrrole nitrogens is 1. The highest BCUT2D eigenvalue weighted by atomic mass is 16.1. The minimum absolute atomic E-state index is 0.152. The Bertz CT molecular complexity index is 352. The number of nitrogens with zero attached hydrogens (tertiary/aromatic N) is 1. The van der Waals surface area contributed by atoms with Crippen molar-refractivity contribution in [1.82, 2.24) is 15.5 Å². The van der Waals surface area contributed by atoms with Gasteiger partial charge in [0.25, 0.3) is 0 Å². The van der Waals surface area contributed by atoms with Crippen molar-refractivity contribution in [3.05, 3.63) is 30.1 Å². The second kappa shape index (κ2) is 3.65. The number of rotatable bonds is 4. The van der Waals surface area contributed by atoms with Crippen LogP contribution in [0.3, 0.4) is 0 Å². The van der Waals surface area contributed by atoms with E-state index in [0.29, 0.717) is 12.5 Å². The molecule has 0 spiro atoms. The van der Waals surface area contributed by atoms with Crippen LogP contribution in [0.5, 0.6) is 0 Å². The first-order valence-electron chi connectivity index (χ1n) is 4.73. The number of carbonyl (C=O) groups is 1. The van der Waals surface area contributed by atoms with E-state index in [2.05, 4.69) is 22.1 Å². The van der Waals surface area contributed by atoms with Crippen molar-refractivity contribution in [2.24, 2.45) is 0 Å². The molecule has 1 saturated carbocycles. The normalized spacial score (nSPS) is 15.1. The van der Waals surface area contributed by atoms with Crippen molar-refractivity contribution in [3.8, 4) is 0 Å². The minimum atomic E-state index is -0.152. The van der Waals surface area contributed by atoms with Crippen molar-refractivity contribution in [3.63, 3.8) is 0 Å². The van der Waals surface area contributed by atoms with Gasteiger partial charge < -0.3 is 5.32 Å². The molecule has 4 nitrogen and oxygen atoms in total. The van der Waals surface area contributed by atoms with Crippen LogP contribution in [0.4, 0.5) is 0 Å². The molecule has 14 heavy (non-hydrogen) atoms. The zero-order valence-corrected chi connectivity index (χ0v) is 7.92. The molecule has 1 heterocycles. The zero-order valence-electron chi connectivity index (χ0n) is 7.92. The molecule has 0 radical (unpaired) electrons. The van der Waals surface area contributed by atoms with Crippen molar-refractivity contribution in [1.29, 1.82) is 0 Å². The predicted octanol–water partition coefficient (Wildman–Crippen LogP) is 1.09. The van der Waals surface area contributed by atoms with Crippen molar-refractivity contribution in [2.45, 2.75) is 25.3 Å². The Labute approximate surface area is 82.4 Å². The van der Waals surface area contributed by atoms with Gasteiger partial charge in [-0.25, -0.2) is 0 Å². The second-order valence-electron chi connectivity index (χ2n) is 3.50. The molecule has 4 heteroatoms. The lowest BCUT2D eigenvalue weighted by Gasteiger charge is -2.02. The minimum Gasteiger partial charge on any atom is -0.347 e. The average Bonchev–Trinajstić information content (AvgIpc) is 2.94. The van der Waals surface area contributed by atoms with Crippen molar-refractivity contribution < 1.29 is 4.79 Å². The first-order valence-corrected chi connectivity index (χ1v) is 4.73. The molecule has 0 unspecified atom stereocenters. The van der Waals surface area contributed by atoms with Crippen LogP contribution in [-0.2, 0) is 11.3 Å². The van der Waals surface area contributed by atoms with Crippen LogP contribution in [0.25, 0.3) is 0 Å². The molecule has 0 bridgehead atoms. The third-order valence-electron chi connectivity index (χ3n) is 2.39. The van der Waals surface area contributed by atoms with Crippen LogP contribution in [0.15, 0.2) is 18.9 Å². The maximum Gasteiger partial charge on any atom is 0.243 e. The van der Waals surface area contributed by atoms with Crippen LogP contribution < -0.4 is 5.32 Å². The van der Waals surface area contributed by atoms with E-state index >= 15 is 0 Å². The quantitative estimate of drug-likeness (QED) is 0.700. The largest absolute Gasteiger partial charge is 0.347 e. The van der Waals surface area contributed by atoms with E-state index in [4.69, 9.17) is 0 Å². The van der Waals surface area contributed by atoms with Crippen LogP contribution in [0.2, 0.25) is 0 Å². The predicted molar refractivity (Wildman–Crippen MR) is 52.6 cm³/mol. The van der Waals surface area contributed by atoms with Crippen molar-refractivity contribution >= 4 is 5.91 Å².